The molecular weight excluding hydrogens is 375 g/mol. The summed E-state index contributed by atoms with van der Waals surface area (Å²) in [6.07, 6.45) is 0. The zero-order valence-electron chi connectivity index (χ0n) is 18.8. The van der Waals surface area contributed by atoms with Crippen molar-refractivity contribution in [1.29, 1.82) is 0 Å². The Morgan fingerprint density at radius 3 is 1.61 bits per heavy atom. The first-order chi connectivity index (χ1) is 14.9. The molecule has 0 spiro atoms. The molecule has 0 unspecified atom stereocenters. The SMILES string of the molecule is Bc1c(B)c(B)c(-c2ccc(N(c3ccccc3)c3cccc(F)c3)cc2)c(B)c1B. The van der Waals surface area contributed by atoms with E-state index < -0.39 is 0 Å². The molecule has 0 aliphatic heterocycles. The van der Waals surface area contributed by atoms with Gasteiger partial charge < -0.3 is 4.90 Å². The highest BCUT2D eigenvalue weighted by molar-refractivity contribution is 6.68. The van der Waals surface area contributed by atoms with Crippen LogP contribution in [0.4, 0.5) is 21.5 Å². The molecule has 0 radical (unpaired) electrons. The molecule has 7 heteroatoms. The molecule has 31 heavy (non-hydrogen) atoms. The van der Waals surface area contributed by atoms with Gasteiger partial charge in [0.1, 0.15) is 45.0 Å². The fraction of sp³-hybridized carbons (Fsp3) is 0. The molecule has 4 rings (SSSR count). The van der Waals surface area contributed by atoms with Gasteiger partial charge in [-0.1, -0.05) is 47.3 Å². The predicted molar refractivity (Wildman–Crippen MR) is 147 cm³/mol. The van der Waals surface area contributed by atoms with Gasteiger partial charge in [-0.25, -0.2) is 4.39 Å². The molecule has 0 atom stereocenters. The zero-order chi connectivity index (χ0) is 22.1. The standard InChI is InChI=1S/C24H23B5FN/c25-20-19(21(26)23(28)24(29)22(20)27)14-9-11-17(12-10-14)31(16-6-2-1-3-7-16)18-8-4-5-15(30)13-18/h1-13H,25-29H2. The Morgan fingerprint density at radius 1 is 0.516 bits per heavy atom. The van der Waals surface area contributed by atoms with Crippen molar-refractivity contribution in [1.82, 2.24) is 0 Å². The molecule has 1 nitrogen and oxygen atoms in total. The number of hydrogen-bond donors (Lipinski definition) is 0. The Hall–Kier alpha value is -3.07. The number of rotatable bonds is 4. The van der Waals surface area contributed by atoms with Gasteiger partial charge in [0, 0.05) is 17.1 Å². The smallest absolute Gasteiger partial charge is 0.139 e. The molecule has 0 bridgehead atoms. The molecule has 0 amide bonds. The summed E-state index contributed by atoms with van der Waals surface area (Å²) in [5.74, 6) is -0.244. The third-order valence-corrected chi connectivity index (χ3v) is 6.49. The minimum atomic E-state index is -0.244. The maximum Gasteiger partial charge on any atom is 0.139 e. The number of benzene rings is 4. The summed E-state index contributed by atoms with van der Waals surface area (Å²) in [4.78, 5) is 2.08. The van der Waals surface area contributed by atoms with Crippen molar-refractivity contribution < 1.29 is 4.39 Å². The molecule has 0 fully saturated rings. The lowest BCUT2D eigenvalue weighted by Crippen LogP contribution is -2.55. The number of hydrogen-bond acceptors (Lipinski definition) is 1. The van der Waals surface area contributed by atoms with Crippen molar-refractivity contribution in [2.75, 3.05) is 4.90 Å². The van der Waals surface area contributed by atoms with E-state index in [4.69, 9.17) is 0 Å². The quantitative estimate of drug-likeness (QED) is 0.369. The maximum absolute atomic E-state index is 14.0. The average Bonchev–Trinajstić information content (AvgIpc) is 2.78. The number of nitrogens with zero attached hydrogens (tertiary/aromatic N) is 1. The number of anilines is 3. The summed E-state index contributed by atoms with van der Waals surface area (Å²) in [6, 6.07) is 25.4. The molecule has 4 aromatic carbocycles. The van der Waals surface area contributed by atoms with Crippen molar-refractivity contribution >= 4 is 83.6 Å². The second kappa shape index (κ2) is 8.59. The largest absolute Gasteiger partial charge is 0.310 e. The summed E-state index contributed by atoms with van der Waals surface area (Å²) in [7, 11) is 11.0. The molecule has 0 aromatic heterocycles. The van der Waals surface area contributed by atoms with Crippen LogP contribution in [0.15, 0.2) is 78.9 Å². The van der Waals surface area contributed by atoms with E-state index in [0.29, 0.717) is 0 Å². The van der Waals surface area contributed by atoms with Gasteiger partial charge in [-0.3, -0.25) is 0 Å². The van der Waals surface area contributed by atoms with Gasteiger partial charge in [0.05, 0.1) is 0 Å². The van der Waals surface area contributed by atoms with Crippen molar-refractivity contribution in [2.24, 2.45) is 0 Å². The molecule has 0 aliphatic rings. The number of para-hydroxylation sites is 1. The van der Waals surface area contributed by atoms with Crippen molar-refractivity contribution in [3.63, 3.8) is 0 Å². The van der Waals surface area contributed by atoms with E-state index in [1.54, 1.807) is 12.1 Å². The van der Waals surface area contributed by atoms with Gasteiger partial charge in [-0.2, -0.15) is 0 Å². The summed E-state index contributed by atoms with van der Waals surface area (Å²) < 4.78 is 14.0. The summed E-state index contributed by atoms with van der Waals surface area (Å²) in [6.45, 7) is 0. The zero-order valence-corrected chi connectivity index (χ0v) is 18.8. The Morgan fingerprint density at radius 2 is 1.03 bits per heavy atom. The van der Waals surface area contributed by atoms with Gasteiger partial charge >= 0.3 is 0 Å². The second-order valence-corrected chi connectivity index (χ2v) is 8.20. The molecule has 146 valence electrons. The van der Waals surface area contributed by atoms with Crippen LogP contribution in [-0.4, -0.2) is 39.2 Å². The second-order valence-electron chi connectivity index (χ2n) is 8.20. The van der Waals surface area contributed by atoms with E-state index in [-0.39, 0.29) is 5.82 Å². The van der Waals surface area contributed by atoms with Crippen LogP contribution in [-0.2, 0) is 0 Å². The van der Waals surface area contributed by atoms with Crippen LogP contribution in [0.3, 0.4) is 0 Å². The first kappa shape index (κ1) is 21.2. The van der Waals surface area contributed by atoms with Crippen LogP contribution < -0.4 is 32.2 Å². The van der Waals surface area contributed by atoms with E-state index in [1.807, 2.05) is 36.4 Å². The van der Waals surface area contributed by atoms with E-state index in [2.05, 4.69) is 68.4 Å². The lowest BCUT2D eigenvalue weighted by molar-refractivity contribution is 0.628. The predicted octanol–water partition coefficient (Wildman–Crippen LogP) is -1.75. The molecule has 0 N–H and O–H groups in total. The topological polar surface area (TPSA) is 3.24 Å². The van der Waals surface area contributed by atoms with Crippen LogP contribution in [0.25, 0.3) is 11.1 Å². The van der Waals surface area contributed by atoms with Crippen LogP contribution >= 0.6 is 0 Å². The van der Waals surface area contributed by atoms with Crippen LogP contribution in [0.5, 0.6) is 0 Å². The van der Waals surface area contributed by atoms with Crippen molar-refractivity contribution in [2.45, 2.75) is 0 Å². The average molecular weight is 399 g/mol. The van der Waals surface area contributed by atoms with Gasteiger partial charge in [0.25, 0.3) is 0 Å². The molecule has 0 heterocycles. The molecule has 0 saturated heterocycles. The Balaban J connectivity index is 1.83. The first-order valence-electron chi connectivity index (χ1n) is 10.7. The molecule has 0 aliphatic carbocycles. The third kappa shape index (κ3) is 3.97. The lowest BCUT2D eigenvalue weighted by atomic mass is 9.60. The Bertz CT molecular complexity index is 1210. The van der Waals surface area contributed by atoms with Crippen molar-refractivity contribution in [3.05, 3.63) is 84.7 Å². The number of halogens is 1. The monoisotopic (exact) mass is 399 g/mol. The minimum Gasteiger partial charge on any atom is -0.310 e. The van der Waals surface area contributed by atoms with E-state index >= 15 is 0 Å². The van der Waals surface area contributed by atoms with Gasteiger partial charge in [0.15, 0.2) is 0 Å². The van der Waals surface area contributed by atoms with Crippen LogP contribution in [0.1, 0.15) is 0 Å². The highest BCUT2D eigenvalue weighted by Crippen LogP contribution is 2.35. The van der Waals surface area contributed by atoms with Gasteiger partial charge in [-0.15, -0.1) is 16.4 Å². The summed E-state index contributed by atoms with van der Waals surface area (Å²) in [5, 5.41) is 0. The van der Waals surface area contributed by atoms with Crippen LogP contribution in [0, 0.1) is 5.82 Å². The molecule has 0 saturated carbocycles. The summed E-state index contributed by atoms with van der Waals surface area (Å²) in [5.41, 5.74) is 12.1. The first-order valence-corrected chi connectivity index (χ1v) is 10.7. The maximum atomic E-state index is 14.0. The van der Waals surface area contributed by atoms with E-state index in [1.165, 1.54) is 44.5 Å². The van der Waals surface area contributed by atoms with E-state index in [0.717, 1.165) is 17.1 Å². The van der Waals surface area contributed by atoms with Gasteiger partial charge in [0.2, 0.25) is 0 Å². The highest BCUT2D eigenvalue weighted by Gasteiger charge is 2.15. The Labute approximate surface area is 188 Å². The van der Waals surface area contributed by atoms with E-state index in [9.17, 15) is 4.39 Å². The lowest BCUT2D eigenvalue weighted by Gasteiger charge is -2.26. The fourth-order valence-electron chi connectivity index (χ4n) is 4.35. The molecule has 4 aromatic rings. The minimum absolute atomic E-state index is 0.244. The van der Waals surface area contributed by atoms with Crippen molar-refractivity contribution in [3.8, 4) is 11.1 Å². The highest BCUT2D eigenvalue weighted by atomic mass is 19.1. The fourth-order valence-corrected chi connectivity index (χ4v) is 4.35. The Kier molecular flexibility index (Phi) is 5.87. The summed E-state index contributed by atoms with van der Waals surface area (Å²) >= 11 is 0. The molecular formula is C24H23B5FN. The van der Waals surface area contributed by atoms with Crippen LogP contribution in [0.2, 0.25) is 0 Å². The normalized spacial score (nSPS) is 10.7. The third-order valence-electron chi connectivity index (χ3n) is 6.49. The van der Waals surface area contributed by atoms with Gasteiger partial charge in [-0.05, 0) is 53.6 Å².